The third-order valence-corrected chi connectivity index (χ3v) is 4.92. The van der Waals surface area contributed by atoms with Crippen molar-refractivity contribution in [3.8, 4) is 5.75 Å². The lowest BCUT2D eigenvalue weighted by Crippen LogP contribution is -2.18. The molecule has 2 aromatic rings. The molecule has 0 aliphatic rings. The Morgan fingerprint density at radius 3 is 2.43 bits per heavy atom. The first-order chi connectivity index (χ1) is 10.9. The molecule has 0 bridgehead atoms. The van der Waals surface area contributed by atoms with Gasteiger partial charge in [-0.25, -0.2) is 4.83 Å². The van der Waals surface area contributed by atoms with E-state index in [9.17, 15) is 13.5 Å². The number of sulfonamides is 1. The second kappa shape index (κ2) is 7.28. The topological polar surface area (TPSA) is 78.8 Å². The number of rotatable bonds is 6. The van der Waals surface area contributed by atoms with Crippen LogP contribution in [0.2, 0.25) is 0 Å². The van der Waals surface area contributed by atoms with E-state index in [0.29, 0.717) is 11.5 Å². The SMILES string of the molecule is CC[C@H](C)c1ccc(S(=O)(=O)N/N=C\c2ccccc2O)cc1. The van der Waals surface area contributed by atoms with E-state index in [4.69, 9.17) is 0 Å². The van der Waals surface area contributed by atoms with Crippen LogP contribution in [0.15, 0.2) is 58.5 Å². The highest BCUT2D eigenvalue weighted by molar-refractivity contribution is 7.89. The van der Waals surface area contributed by atoms with Crippen LogP contribution >= 0.6 is 0 Å². The summed E-state index contributed by atoms with van der Waals surface area (Å²) in [6, 6.07) is 13.3. The fourth-order valence-corrected chi connectivity index (χ4v) is 2.82. The second-order valence-corrected chi connectivity index (χ2v) is 6.95. The first-order valence-corrected chi connectivity index (χ1v) is 8.85. The number of hydrazone groups is 1. The maximum absolute atomic E-state index is 12.2. The van der Waals surface area contributed by atoms with E-state index in [1.54, 1.807) is 30.3 Å². The largest absolute Gasteiger partial charge is 0.507 e. The summed E-state index contributed by atoms with van der Waals surface area (Å²) in [5.74, 6) is 0.423. The molecular formula is C17H20N2O3S. The van der Waals surface area contributed by atoms with Gasteiger partial charge in [0.25, 0.3) is 10.0 Å². The third-order valence-electron chi connectivity index (χ3n) is 3.69. The Balaban J connectivity index is 2.11. The van der Waals surface area contributed by atoms with Gasteiger partial charge in [-0.1, -0.05) is 38.1 Å². The lowest BCUT2D eigenvalue weighted by molar-refractivity contribution is 0.474. The van der Waals surface area contributed by atoms with Crippen molar-refractivity contribution in [2.75, 3.05) is 0 Å². The van der Waals surface area contributed by atoms with Gasteiger partial charge in [0.2, 0.25) is 0 Å². The van der Waals surface area contributed by atoms with Crippen molar-refractivity contribution in [1.29, 1.82) is 0 Å². The van der Waals surface area contributed by atoms with Gasteiger partial charge in [-0.05, 0) is 42.2 Å². The average molecular weight is 332 g/mol. The molecule has 0 saturated carbocycles. The number of nitrogens with one attached hydrogen (secondary N) is 1. The quantitative estimate of drug-likeness (QED) is 0.630. The summed E-state index contributed by atoms with van der Waals surface area (Å²) in [5, 5.41) is 13.3. The summed E-state index contributed by atoms with van der Waals surface area (Å²) < 4.78 is 24.3. The molecule has 0 unspecified atom stereocenters. The van der Waals surface area contributed by atoms with Crippen molar-refractivity contribution < 1.29 is 13.5 Å². The predicted molar refractivity (Wildman–Crippen MR) is 91.2 cm³/mol. The van der Waals surface area contributed by atoms with Crippen LogP contribution in [0.5, 0.6) is 5.75 Å². The molecule has 0 aliphatic heterocycles. The molecule has 2 N–H and O–H groups in total. The minimum atomic E-state index is -3.72. The normalized spacial score (nSPS) is 13.1. The number of hydrogen-bond acceptors (Lipinski definition) is 4. The van der Waals surface area contributed by atoms with E-state index in [1.807, 2.05) is 12.1 Å². The van der Waals surface area contributed by atoms with Crippen molar-refractivity contribution >= 4 is 16.2 Å². The molecule has 1 atom stereocenters. The zero-order valence-corrected chi connectivity index (χ0v) is 13.9. The number of phenolic OH excluding ortho intramolecular Hbond substituents is 1. The van der Waals surface area contributed by atoms with Gasteiger partial charge in [0.1, 0.15) is 5.75 Å². The first-order valence-electron chi connectivity index (χ1n) is 7.37. The zero-order valence-electron chi connectivity index (χ0n) is 13.1. The highest BCUT2D eigenvalue weighted by Crippen LogP contribution is 2.20. The molecule has 6 heteroatoms. The lowest BCUT2D eigenvalue weighted by Gasteiger charge is -2.09. The Kier molecular flexibility index (Phi) is 5.39. The van der Waals surface area contributed by atoms with Gasteiger partial charge in [0, 0.05) is 5.56 Å². The van der Waals surface area contributed by atoms with Crippen LogP contribution in [-0.2, 0) is 10.0 Å². The van der Waals surface area contributed by atoms with E-state index in [2.05, 4.69) is 23.8 Å². The highest BCUT2D eigenvalue weighted by Gasteiger charge is 2.13. The van der Waals surface area contributed by atoms with E-state index in [0.717, 1.165) is 12.0 Å². The third kappa shape index (κ3) is 4.32. The number of phenols is 1. The summed E-state index contributed by atoms with van der Waals surface area (Å²) in [6.45, 7) is 4.18. The monoisotopic (exact) mass is 332 g/mol. The number of nitrogens with zero attached hydrogens (tertiary/aromatic N) is 1. The molecule has 0 heterocycles. The summed E-state index contributed by atoms with van der Waals surface area (Å²) >= 11 is 0. The molecule has 0 aromatic heterocycles. The fraction of sp³-hybridized carbons (Fsp3) is 0.235. The molecule has 0 saturated heterocycles. The second-order valence-electron chi connectivity index (χ2n) is 5.29. The van der Waals surface area contributed by atoms with Crippen molar-refractivity contribution in [3.05, 3.63) is 59.7 Å². The molecule has 2 rings (SSSR count). The molecule has 0 fully saturated rings. The highest BCUT2D eigenvalue weighted by atomic mass is 32.2. The van der Waals surface area contributed by atoms with Gasteiger partial charge >= 0.3 is 0 Å². The molecule has 122 valence electrons. The van der Waals surface area contributed by atoms with E-state index in [-0.39, 0.29) is 10.6 Å². The maximum atomic E-state index is 12.2. The van der Waals surface area contributed by atoms with Crippen LogP contribution in [0, 0.1) is 0 Å². The van der Waals surface area contributed by atoms with E-state index < -0.39 is 10.0 Å². The molecule has 0 aliphatic carbocycles. The Labute approximate surface area is 136 Å². The van der Waals surface area contributed by atoms with Gasteiger partial charge in [0.05, 0.1) is 11.1 Å². The standard InChI is InChI=1S/C17H20N2O3S/c1-3-13(2)14-8-10-16(11-9-14)23(21,22)19-18-12-15-6-4-5-7-17(15)20/h4-13,19-20H,3H2,1-2H3/b18-12-/t13-/m0/s1. The summed E-state index contributed by atoms with van der Waals surface area (Å²) in [5.41, 5.74) is 1.53. The van der Waals surface area contributed by atoms with Gasteiger partial charge in [-0.3, -0.25) is 0 Å². The van der Waals surface area contributed by atoms with Gasteiger partial charge < -0.3 is 5.11 Å². The van der Waals surface area contributed by atoms with Crippen molar-refractivity contribution in [3.63, 3.8) is 0 Å². The Morgan fingerprint density at radius 1 is 1.17 bits per heavy atom. The number of para-hydroxylation sites is 1. The van der Waals surface area contributed by atoms with E-state index in [1.165, 1.54) is 12.3 Å². The van der Waals surface area contributed by atoms with Gasteiger partial charge in [-0.15, -0.1) is 0 Å². The first kappa shape index (κ1) is 17.0. The minimum absolute atomic E-state index is 0.0355. The summed E-state index contributed by atoms with van der Waals surface area (Å²) in [7, 11) is -3.72. The van der Waals surface area contributed by atoms with Crippen molar-refractivity contribution in [2.45, 2.75) is 31.1 Å². The van der Waals surface area contributed by atoms with Crippen LogP contribution < -0.4 is 4.83 Å². The predicted octanol–water partition coefficient (Wildman–Crippen LogP) is 3.22. The van der Waals surface area contributed by atoms with Crippen LogP contribution in [0.4, 0.5) is 0 Å². The molecule has 0 spiro atoms. The van der Waals surface area contributed by atoms with Crippen molar-refractivity contribution in [1.82, 2.24) is 4.83 Å². The molecular weight excluding hydrogens is 312 g/mol. The van der Waals surface area contributed by atoms with Crippen molar-refractivity contribution in [2.24, 2.45) is 5.10 Å². The zero-order chi connectivity index (χ0) is 16.9. The summed E-state index contributed by atoms with van der Waals surface area (Å²) in [6.07, 6.45) is 2.26. The minimum Gasteiger partial charge on any atom is -0.507 e. The number of benzene rings is 2. The molecule has 0 amide bonds. The molecule has 2 aromatic carbocycles. The Morgan fingerprint density at radius 2 is 1.83 bits per heavy atom. The molecule has 23 heavy (non-hydrogen) atoms. The Hall–Kier alpha value is -2.34. The smallest absolute Gasteiger partial charge is 0.276 e. The van der Waals surface area contributed by atoms with E-state index >= 15 is 0 Å². The van der Waals surface area contributed by atoms with Crippen LogP contribution in [-0.4, -0.2) is 19.7 Å². The molecule has 0 radical (unpaired) electrons. The maximum Gasteiger partial charge on any atom is 0.276 e. The number of aromatic hydroxyl groups is 1. The van der Waals surface area contributed by atoms with Crippen LogP contribution in [0.1, 0.15) is 37.3 Å². The van der Waals surface area contributed by atoms with Crippen LogP contribution in [0.3, 0.4) is 0 Å². The summed E-state index contributed by atoms with van der Waals surface area (Å²) in [4.78, 5) is 2.30. The lowest BCUT2D eigenvalue weighted by atomic mass is 9.99. The fourth-order valence-electron chi connectivity index (χ4n) is 2.03. The van der Waals surface area contributed by atoms with Crippen LogP contribution in [0.25, 0.3) is 0 Å². The average Bonchev–Trinajstić information content (AvgIpc) is 2.56. The van der Waals surface area contributed by atoms with Gasteiger partial charge in [-0.2, -0.15) is 13.5 Å². The van der Waals surface area contributed by atoms with Gasteiger partial charge in [0.15, 0.2) is 0 Å². The Bertz CT molecular complexity index is 784. The molecule has 5 nitrogen and oxygen atoms in total. The number of hydrogen-bond donors (Lipinski definition) is 2.